The minimum Gasteiger partial charge on any atom is -0.507 e. The fraction of sp³-hybridized carbons (Fsp3) is 0.333. The van der Waals surface area contributed by atoms with Gasteiger partial charge in [0.25, 0.3) is 5.91 Å². The molecule has 0 fully saturated rings. The monoisotopic (exact) mass is 405 g/mol. The maximum atomic E-state index is 13.2. The highest BCUT2D eigenvalue weighted by Gasteiger charge is 2.42. The number of aromatic nitrogens is 2. The molecule has 2 heterocycles. The first-order valence-corrected chi connectivity index (χ1v) is 10.4. The van der Waals surface area contributed by atoms with Gasteiger partial charge in [-0.05, 0) is 62.1 Å². The molecule has 1 aliphatic rings. The van der Waals surface area contributed by atoms with Crippen molar-refractivity contribution < 1.29 is 14.6 Å². The molecule has 2 aromatic carbocycles. The lowest BCUT2D eigenvalue weighted by Crippen LogP contribution is -2.30. The molecule has 3 aromatic rings. The van der Waals surface area contributed by atoms with Crippen LogP contribution in [0.5, 0.6) is 11.5 Å². The second kappa shape index (κ2) is 7.86. The van der Waals surface area contributed by atoms with Gasteiger partial charge in [0, 0.05) is 17.7 Å². The van der Waals surface area contributed by atoms with Crippen LogP contribution in [0.25, 0.3) is 11.3 Å². The zero-order chi connectivity index (χ0) is 21.4. The summed E-state index contributed by atoms with van der Waals surface area (Å²) < 4.78 is 5.58. The van der Waals surface area contributed by atoms with E-state index in [0.717, 1.165) is 34.4 Å². The molecule has 1 aliphatic heterocycles. The number of aryl methyl sites for hydroxylation is 2. The standard InChI is InChI=1S/C24H27N3O3/c1-5-11-27-22(16-7-9-17(10-8-16)30-6-2)19-20(25-26-21(19)24(27)29)18-13-14(3)12-15(4)23(18)28/h7-10,12-13,22,28H,5-6,11H2,1-4H3,(H,25,26). The van der Waals surface area contributed by atoms with Crippen molar-refractivity contribution in [3.05, 3.63) is 64.3 Å². The van der Waals surface area contributed by atoms with Crippen LogP contribution in [0.1, 0.15) is 59.1 Å². The number of nitrogens with zero attached hydrogens (tertiary/aromatic N) is 2. The minimum atomic E-state index is -0.267. The van der Waals surface area contributed by atoms with Crippen LogP contribution >= 0.6 is 0 Å². The van der Waals surface area contributed by atoms with Crippen LogP contribution in [-0.2, 0) is 0 Å². The summed E-state index contributed by atoms with van der Waals surface area (Å²) in [5.41, 5.74) is 5.39. The van der Waals surface area contributed by atoms with Gasteiger partial charge < -0.3 is 14.7 Å². The number of benzene rings is 2. The van der Waals surface area contributed by atoms with Crippen molar-refractivity contribution in [3.8, 4) is 22.8 Å². The molecule has 0 spiro atoms. The maximum Gasteiger partial charge on any atom is 0.273 e. The van der Waals surface area contributed by atoms with E-state index in [4.69, 9.17) is 4.74 Å². The Kier molecular flexibility index (Phi) is 5.24. The van der Waals surface area contributed by atoms with E-state index in [1.807, 2.05) is 62.1 Å². The van der Waals surface area contributed by atoms with Gasteiger partial charge in [0.05, 0.1) is 12.6 Å². The second-order valence-electron chi connectivity index (χ2n) is 7.74. The number of carbonyl (C=O) groups is 1. The number of hydrogen-bond donors (Lipinski definition) is 2. The third-order valence-corrected chi connectivity index (χ3v) is 5.54. The maximum absolute atomic E-state index is 13.2. The van der Waals surface area contributed by atoms with Gasteiger partial charge in [-0.2, -0.15) is 5.10 Å². The Morgan fingerprint density at radius 3 is 2.57 bits per heavy atom. The van der Waals surface area contributed by atoms with Crippen LogP contribution in [0.4, 0.5) is 0 Å². The van der Waals surface area contributed by atoms with Gasteiger partial charge >= 0.3 is 0 Å². The van der Waals surface area contributed by atoms with Gasteiger partial charge in [-0.15, -0.1) is 0 Å². The number of carbonyl (C=O) groups excluding carboxylic acids is 1. The van der Waals surface area contributed by atoms with Gasteiger partial charge in [-0.25, -0.2) is 0 Å². The number of ether oxygens (including phenoxy) is 1. The quantitative estimate of drug-likeness (QED) is 0.620. The number of nitrogens with one attached hydrogen (secondary N) is 1. The van der Waals surface area contributed by atoms with Crippen LogP contribution in [0.15, 0.2) is 36.4 Å². The summed E-state index contributed by atoms with van der Waals surface area (Å²) in [6.07, 6.45) is 0.848. The molecule has 0 saturated heterocycles. The summed E-state index contributed by atoms with van der Waals surface area (Å²) in [6.45, 7) is 9.11. The van der Waals surface area contributed by atoms with Crippen molar-refractivity contribution in [3.63, 3.8) is 0 Å². The Balaban J connectivity index is 1.88. The number of fused-ring (bicyclic) bond motifs is 1. The molecular formula is C24H27N3O3. The zero-order valence-corrected chi connectivity index (χ0v) is 17.8. The number of phenols is 1. The molecule has 1 aromatic heterocycles. The number of H-pyrrole nitrogens is 1. The zero-order valence-electron chi connectivity index (χ0n) is 17.8. The van der Waals surface area contributed by atoms with Crippen molar-refractivity contribution in [1.29, 1.82) is 0 Å². The molecule has 0 aliphatic carbocycles. The summed E-state index contributed by atoms with van der Waals surface area (Å²) in [7, 11) is 0. The Morgan fingerprint density at radius 2 is 1.90 bits per heavy atom. The number of aromatic amines is 1. The Morgan fingerprint density at radius 1 is 1.17 bits per heavy atom. The van der Waals surface area contributed by atoms with E-state index >= 15 is 0 Å². The summed E-state index contributed by atoms with van der Waals surface area (Å²) in [6, 6.07) is 11.4. The SMILES string of the molecule is CCCN1C(=O)c2[nH]nc(-c3cc(C)cc(C)c3O)c2C1c1ccc(OCC)cc1. The van der Waals surface area contributed by atoms with Gasteiger partial charge in [-0.3, -0.25) is 9.89 Å². The fourth-order valence-electron chi connectivity index (χ4n) is 4.27. The van der Waals surface area contributed by atoms with Crippen LogP contribution in [0.3, 0.4) is 0 Å². The summed E-state index contributed by atoms with van der Waals surface area (Å²) >= 11 is 0. The van der Waals surface area contributed by atoms with Crippen molar-refractivity contribution in [2.24, 2.45) is 0 Å². The molecule has 1 amide bonds. The van der Waals surface area contributed by atoms with E-state index in [1.165, 1.54) is 0 Å². The largest absolute Gasteiger partial charge is 0.507 e. The average molecular weight is 405 g/mol. The summed E-state index contributed by atoms with van der Waals surface area (Å²) in [5.74, 6) is 0.933. The van der Waals surface area contributed by atoms with Crippen LogP contribution in [0, 0.1) is 13.8 Å². The molecule has 4 rings (SSSR count). The third-order valence-electron chi connectivity index (χ3n) is 5.54. The van der Waals surface area contributed by atoms with Crippen LogP contribution < -0.4 is 4.74 Å². The van der Waals surface area contributed by atoms with Gasteiger partial charge in [0.15, 0.2) is 0 Å². The highest BCUT2D eigenvalue weighted by Crippen LogP contribution is 2.45. The van der Waals surface area contributed by atoms with E-state index in [0.29, 0.717) is 30.1 Å². The van der Waals surface area contributed by atoms with E-state index in [2.05, 4.69) is 17.1 Å². The topological polar surface area (TPSA) is 78.5 Å². The lowest BCUT2D eigenvalue weighted by atomic mass is 9.94. The molecule has 0 bridgehead atoms. The molecule has 30 heavy (non-hydrogen) atoms. The van der Waals surface area contributed by atoms with Gasteiger partial charge in [0.2, 0.25) is 0 Å². The molecular weight excluding hydrogens is 378 g/mol. The number of rotatable bonds is 6. The molecule has 6 nitrogen and oxygen atoms in total. The first-order chi connectivity index (χ1) is 14.5. The molecule has 0 radical (unpaired) electrons. The first kappa shape index (κ1) is 20.0. The Hall–Kier alpha value is -3.28. The van der Waals surface area contributed by atoms with Crippen molar-refractivity contribution in [2.75, 3.05) is 13.2 Å². The molecule has 6 heteroatoms. The lowest BCUT2D eigenvalue weighted by Gasteiger charge is -2.26. The van der Waals surface area contributed by atoms with Crippen LogP contribution in [-0.4, -0.2) is 39.3 Å². The van der Waals surface area contributed by atoms with Gasteiger partial charge in [0.1, 0.15) is 22.9 Å². The fourth-order valence-corrected chi connectivity index (χ4v) is 4.27. The average Bonchev–Trinajstić information content (AvgIpc) is 3.26. The highest BCUT2D eigenvalue weighted by atomic mass is 16.5. The Labute approximate surface area is 176 Å². The smallest absolute Gasteiger partial charge is 0.273 e. The molecule has 1 unspecified atom stereocenters. The number of phenolic OH excluding ortho intramolecular Hbond substituents is 1. The minimum absolute atomic E-state index is 0.0617. The van der Waals surface area contributed by atoms with Gasteiger partial charge in [-0.1, -0.05) is 25.1 Å². The predicted octanol–water partition coefficient (Wildman–Crippen LogP) is 4.75. The summed E-state index contributed by atoms with van der Waals surface area (Å²) in [5, 5.41) is 18.1. The second-order valence-corrected chi connectivity index (χ2v) is 7.74. The van der Waals surface area contributed by atoms with E-state index < -0.39 is 0 Å². The molecule has 1 atom stereocenters. The molecule has 2 N–H and O–H groups in total. The Bertz CT molecular complexity index is 1090. The van der Waals surface area contributed by atoms with Crippen molar-refractivity contribution in [1.82, 2.24) is 15.1 Å². The summed E-state index contributed by atoms with van der Waals surface area (Å²) in [4.78, 5) is 15.0. The van der Waals surface area contributed by atoms with Crippen LogP contribution in [0.2, 0.25) is 0 Å². The highest BCUT2D eigenvalue weighted by molar-refractivity contribution is 6.00. The first-order valence-electron chi connectivity index (χ1n) is 10.4. The van der Waals surface area contributed by atoms with Crippen molar-refractivity contribution >= 4 is 5.91 Å². The normalized spacial score (nSPS) is 15.5. The molecule has 0 saturated carbocycles. The lowest BCUT2D eigenvalue weighted by molar-refractivity contribution is 0.0744. The predicted molar refractivity (Wildman–Crippen MR) is 116 cm³/mol. The van der Waals surface area contributed by atoms with Crippen molar-refractivity contribution in [2.45, 2.75) is 40.2 Å². The number of aromatic hydroxyl groups is 1. The van der Waals surface area contributed by atoms with E-state index in [9.17, 15) is 9.90 Å². The number of amides is 1. The third kappa shape index (κ3) is 3.22. The van der Waals surface area contributed by atoms with E-state index in [-0.39, 0.29) is 17.7 Å². The molecule has 156 valence electrons. The number of hydrogen-bond acceptors (Lipinski definition) is 4. The van der Waals surface area contributed by atoms with E-state index in [1.54, 1.807) is 0 Å².